The van der Waals surface area contributed by atoms with Crippen LogP contribution in [0.2, 0.25) is 0 Å². The van der Waals surface area contributed by atoms with Crippen LogP contribution in [0.3, 0.4) is 0 Å². The van der Waals surface area contributed by atoms with E-state index in [1.807, 2.05) is 6.92 Å². The van der Waals surface area contributed by atoms with E-state index in [0.717, 1.165) is 38.5 Å². The summed E-state index contributed by atoms with van der Waals surface area (Å²) >= 11 is 0. The van der Waals surface area contributed by atoms with Gasteiger partial charge in [-0.1, -0.05) is 6.07 Å². The zero-order valence-electron chi connectivity index (χ0n) is 21.8. The summed E-state index contributed by atoms with van der Waals surface area (Å²) in [5, 5.41) is 23.1. The van der Waals surface area contributed by atoms with Gasteiger partial charge in [-0.15, -0.1) is 10.2 Å². The normalized spacial score (nSPS) is 26.6. The molecule has 38 heavy (non-hydrogen) atoms. The number of nitrogens with zero attached hydrogens (tertiary/aromatic N) is 6. The lowest BCUT2D eigenvalue weighted by atomic mass is 9.73. The number of phenols is 1. The highest BCUT2D eigenvalue weighted by Gasteiger charge is 2.52. The van der Waals surface area contributed by atoms with Gasteiger partial charge in [-0.3, -0.25) is 0 Å². The molecule has 1 saturated carbocycles. The summed E-state index contributed by atoms with van der Waals surface area (Å²) in [5.41, 5.74) is 1.08. The number of ether oxygens (including phenoxy) is 2. The topological polar surface area (TPSA) is 118 Å². The van der Waals surface area contributed by atoms with Crippen molar-refractivity contribution in [2.75, 3.05) is 19.1 Å². The van der Waals surface area contributed by atoms with E-state index >= 15 is 4.39 Å². The molecule has 2 saturated heterocycles. The Morgan fingerprint density at radius 1 is 1.08 bits per heavy atom. The molecule has 0 unspecified atom stereocenters. The quantitative estimate of drug-likeness (QED) is 0.476. The van der Waals surface area contributed by atoms with E-state index in [-0.39, 0.29) is 35.4 Å². The standard InChI is InChI=1S/C27H32FN7O3/c1-27-10-4-5-16(32-27)12-20(23(27)28)35(17-7-8-17)22-14-29-24(34-33-22)18-9-6-15(11-21(18)36)19-13-30-25(37-2)26(31-19)38-3/h6,9,11,13-14,16-17,20,23,32,36H,4-5,7-8,10,12H2,1-3H3/t16-,20-,23-,27+/m0/s1. The second-order valence-corrected chi connectivity index (χ2v) is 10.6. The minimum atomic E-state index is -1.00. The first-order chi connectivity index (χ1) is 18.4. The van der Waals surface area contributed by atoms with Crippen LogP contribution < -0.4 is 19.7 Å². The maximum Gasteiger partial charge on any atom is 0.278 e. The number of methoxy groups -OCH3 is 2. The molecular weight excluding hydrogens is 489 g/mol. The van der Waals surface area contributed by atoms with Crippen LogP contribution in [0, 0.1) is 0 Å². The number of halogens is 1. The molecule has 2 N–H and O–H groups in total. The van der Waals surface area contributed by atoms with E-state index in [0.29, 0.717) is 28.7 Å². The van der Waals surface area contributed by atoms with Crippen molar-refractivity contribution in [1.29, 1.82) is 0 Å². The van der Waals surface area contributed by atoms with Crippen molar-refractivity contribution in [1.82, 2.24) is 30.5 Å². The van der Waals surface area contributed by atoms with Crippen LogP contribution in [0.5, 0.6) is 17.5 Å². The minimum Gasteiger partial charge on any atom is -0.507 e. The second-order valence-electron chi connectivity index (χ2n) is 10.6. The Morgan fingerprint density at radius 3 is 2.58 bits per heavy atom. The molecule has 3 aliphatic rings. The smallest absolute Gasteiger partial charge is 0.278 e. The van der Waals surface area contributed by atoms with Crippen LogP contribution >= 0.6 is 0 Å². The summed E-state index contributed by atoms with van der Waals surface area (Å²) in [5.74, 6) is 1.38. The number of alkyl halides is 1. The van der Waals surface area contributed by atoms with Gasteiger partial charge in [-0.05, 0) is 57.6 Å². The lowest BCUT2D eigenvalue weighted by Crippen LogP contribution is -2.69. The Kier molecular flexibility index (Phi) is 6.25. The molecular formula is C27H32FN7O3. The molecule has 3 fully saturated rings. The van der Waals surface area contributed by atoms with E-state index in [1.54, 1.807) is 30.6 Å². The maximum absolute atomic E-state index is 15.9. The van der Waals surface area contributed by atoms with Crippen LogP contribution in [-0.2, 0) is 0 Å². The minimum absolute atomic E-state index is 0.0180. The number of phenolic OH excluding ortho intramolecular Hbond substituents is 1. The Balaban J connectivity index is 1.25. The highest BCUT2D eigenvalue weighted by atomic mass is 19.1. The van der Waals surface area contributed by atoms with Gasteiger partial charge in [-0.2, -0.15) is 0 Å². The van der Waals surface area contributed by atoms with Crippen LogP contribution in [0.25, 0.3) is 22.6 Å². The molecule has 11 heteroatoms. The summed E-state index contributed by atoms with van der Waals surface area (Å²) in [4.78, 5) is 15.2. The van der Waals surface area contributed by atoms with Crippen molar-refractivity contribution < 1.29 is 19.0 Å². The van der Waals surface area contributed by atoms with Crippen molar-refractivity contribution >= 4 is 5.82 Å². The SMILES string of the molecule is COc1ncc(-c2ccc(-c3ncc(N(C4CC4)[C@H]4C[C@@H]5CCC[C@@](C)(N5)[C@H]4F)nn3)c(O)c2)nc1OC. The lowest BCUT2D eigenvalue weighted by molar-refractivity contribution is 0.0385. The molecule has 2 aromatic heterocycles. The number of piperidine rings is 2. The number of anilines is 1. The van der Waals surface area contributed by atoms with Gasteiger partial charge in [0.25, 0.3) is 11.8 Å². The number of aromatic hydroxyl groups is 1. The summed E-state index contributed by atoms with van der Waals surface area (Å²) in [7, 11) is 2.98. The van der Waals surface area contributed by atoms with Crippen LogP contribution in [-0.4, -0.2) is 74.3 Å². The maximum atomic E-state index is 15.9. The molecule has 1 aromatic carbocycles. The Morgan fingerprint density at radius 2 is 1.89 bits per heavy atom. The number of benzene rings is 1. The second kappa shape index (κ2) is 9.61. The zero-order valence-corrected chi connectivity index (χ0v) is 21.8. The fourth-order valence-electron chi connectivity index (χ4n) is 5.96. The fraction of sp³-hybridized carbons (Fsp3) is 0.519. The van der Waals surface area contributed by atoms with Crippen molar-refractivity contribution in [2.45, 2.75) is 75.3 Å². The van der Waals surface area contributed by atoms with Gasteiger partial charge in [0, 0.05) is 23.2 Å². The number of hydrogen-bond donors (Lipinski definition) is 2. The third kappa shape index (κ3) is 4.38. The fourth-order valence-corrected chi connectivity index (χ4v) is 5.96. The van der Waals surface area contributed by atoms with Crippen molar-refractivity contribution in [2.24, 2.45) is 0 Å². The highest BCUT2D eigenvalue weighted by molar-refractivity contribution is 5.71. The number of hydrogen-bond acceptors (Lipinski definition) is 10. The van der Waals surface area contributed by atoms with E-state index in [9.17, 15) is 5.11 Å². The molecule has 4 atom stereocenters. The number of rotatable bonds is 7. The molecule has 2 bridgehead atoms. The third-order valence-corrected chi connectivity index (χ3v) is 8.00. The monoisotopic (exact) mass is 521 g/mol. The predicted molar refractivity (Wildman–Crippen MR) is 139 cm³/mol. The lowest BCUT2D eigenvalue weighted by Gasteiger charge is -2.52. The molecule has 0 radical (unpaired) electrons. The molecule has 3 aromatic rings. The van der Waals surface area contributed by atoms with Crippen molar-refractivity contribution in [3.63, 3.8) is 0 Å². The van der Waals surface area contributed by atoms with Crippen LogP contribution in [0.1, 0.15) is 45.4 Å². The van der Waals surface area contributed by atoms with E-state index < -0.39 is 11.7 Å². The summed E-state index contributed by atoms with van der Waals surface area (Å²) in [6.45, 7) is 2.01. The third-order valence-electron chi connectivity index (χ3n) is 8.00. The molecule has 10 nitrogen and oxygen atoms in total. The molecule has 6 rings (SSSR count). The number of fused-ring (bicyclic) bond motifs is 2. The Hall–Kier alpha value is -3.60. The first-order valence-corrected chi connectivity index (χ1v) is 13.1. The zero-order chi connectivity index (χ0) is 26.4. The Bertz CT molecular complexity index is 1320. The predicted octanol–water partition coefficient (Wildman–Crippen LogP) is 3.70. The van der Waals surface area contributed by atoms with Crippen LogP contribution in [0.4, 0.5) is 10.2 Å². The summed E-state index contributed by atoms with van der Waals surface area (Å²) < 4.78 is 26.2. The van der Waals surface area contributed by atoms with Crippen molar-refractivity contribution in [3.05, 3.63) is 30.6 Å². The van der Waals surface area contributed by atoms with E-state index in [4.69, 9.17) is 9.47 Å². The summed E-state index contributed by atoms with van der Waals surface area (Å²) in [6.07, 6.45) is 7.95. The summed E-state index contributed by atoms with van der Waals surface area (Å²) in [6, 6.07) is 5.40. The number of nitrogens with one attached hydrogen (secondary N) is 1. The van der Waals surface area contributed by atoms with Gasteiger partial charge in [0.1, 0.15) is 11.9 Å². The first kappa shape index (κ1) is 24.7. The average Bonchev–Trinajstić information content (AvgIpc) is 3.77. The van der Waals surface area contributed by atoms with Gasteiger partial charge < -0.3 is 24.8 Å². The average molecular weight is 522 g/mol. The van der Waals surface area contributed by atoms with Gasteiger partial charge in [0.2, 0.25) is 0 Å². The van der Waals surface area contributed by atoms with Crippen molar-refractivity contribution in [3.8, 4) is 40.2 Å². The van der Waals surface area contributed by atoms with Gasteiger partial charge in [-0.25, -0.2) is 19.3 Å². The largest absolute Gasteiger partial charge is 0.507 e. The van der Waals surface area contributed by atoms with E-state index in [2.05, 4.69) is 35.4 Å². The van der Waals surface area contributed by atoms with Gasteiger partial charge >= 0.3 is 0 Å². The molecule has 0 spiro atoms. The molecule has 0 amide bonds. The number of aromatic nitrogens is 5. The highest BCUT2D eigenvalue weighted by Crippen LogP contribution is 2.43. The van der Waals surface area contributed by atoms with Crippen LogP contribution in [0.15, 0.2) is 30.6 Å². The van der Waals surface area contributed by atoms with E-state index in [1.165, 1.54) is 14.2 Å². The van der Waals surface area contributed by atoms with Gasteiger partial charge in [0.05, 0.1) is 43.9 Å². The van der Waals surface area contributed by atoms with Gasteiger partial charge in [0.15, 0.2) is 11.6 Å². The molecule has 4 heterocycles. The molecule has 1 aliphatic carbocycles. The molecule has 200 valence electrons. The molecule has 2 aliphatic heterocycles. The Labute approximate surface area is 220 Å². The first-order valence-electron chi connectivity index (χ1n) is 13.1.